The van der Waals surface area contributed by atoms with E-state index in [2.05, 4.69) is 10.6 Å². The Hall–Kier alpha value is -2.31. The normalized spacial score (nSPS) is 21.6. The van der Waals surface area contributed by atoms with Crippen LogP contribution in [0.5, 0.6) is 5.75 Å². The Morgan fingerprint density at radius 1 is 1.33 bits per heavy atom. The maximum absolute atomic E-state index is 13.1. The molecule has 6 nitrogen and oxygen atoms in total. The summed E-state index contributed by atoms with van der Waals surface area (Å²) in [4.78, 5) is 22.8. The van der Waals surface area contributed by atoms with Crippen molar-refractivity contribution >= 4 is 12.0 Å². The van der Waals surface area contributed by atoms with Gasteiger partial charge in [-0.1, -0.05) is 6.07 Å². The van der Waals surface area contributed by atoms with Crippen LogP contribution in [0.3, 0.4) is 0 Å². The predicted molar refractivity (Wildman–Crippen MR) is 86.4 cm³/mol. The molecule has 1 unspecified atom stereocenters. The van der Waals surface area contributed by atoms with Crippen molar-refractivity contribution in [2.45, 2.75) is 44.8 Å². The first-order chi connectivity index (χ1) is 11.4. The van der Waals surface area contributed by atoms with E-state index in [1.165, 1.54) is 12.1 Å². The summed E-state index contributed by atoms with van der Waals surface area (Å²) in [6, 6.07) is 5.54. The number of hydrogen-bond donors (Lipinski definition) is 3. The molecule has 1 aliphatic rings. The third-order valence-corrected chi connectivity index (χ3v) is 4.10. The second-order valence-corrected chi connectivity index (χ2v) is 6.13. The summed E-state index contributed by atoms with van der Waals surface area (Å²) < 4.78 is 18.6. The van der Waals surface area contributed by atoms with Gasteiger partial charge in [-0.15, -0.1) is 0 Å². The van der Waals surface area contributed by atoms with Crippen LogP contribution in [-0.4, -0.2) is 35.8 Å². The third-order valence-electron chi connectivity index (χ3n) is 4.10. The molecule has 0 spiro atoms. The van der Waals surface area contributed by atoms with E-state index in [4.69, 9.17) is 9.84 Å². The van der Waals surface area contributed by atoms with E-state index in [0.717, 1.165) is 0 Å². The Morgan fingerprint density at radius 3 is 2.67 bits per heavy atom. The number of carboxylic acid groups (broad SMARTS) is 1. The van der Waals surface area contributed by atoms with Gasteiger partial charge in [0.2, 0.25) is 0 Å². The number of carboxylic acids is 1. The smallest absolute Gasteiger partial charge is 0.315 e. The summed E-state index contributed by atoms with van der Waals surface area (Å²) in [5.74, 6) is -1.02. The molecule has 0 aromatic heterocycles. The molecule has 1 aliphatic carbocycles. The van der Waals surface area contributed by atoms with Gasteiger partial charge < -0.3 is 20.5 Å². The van der Waals surface area contributed by atoms with E-state index in [9.17, 15) is 14.0 Å². The number of aliphatic carboxylic acids is 1. The molecule has 1 saturated carbocycles. The van der Waals surface area contributed by atoms with E-state index in [0.29, 0.717) is 31.4 Å². The van der Waals surface area contributed by atoms with Crippen LogP contribution in [0.2, 0.25) is 0 Å². The Bertz CT molecular complexity index is 573. The van der Waals surface area contributed by atoms with Crippen molar-refractivity contribution in [2.75, 3.05) is 6.54 Å². The quantitative estimate of drug-likeness (QED) is 0.744. The number of rotatable bonds is 6. The highest BCUT2D eigenvalue weighted by atomic mass is 19.1. The zero-order chi connectivity index (χ0) is 17.5. The first-order valence-electron chi connectivity index (χ1n) is 8.13. The van der Waals surface area contributed by atoms with Gasteiger partial charge in [0, 0.05) is 12.1 Å². The monoisotopic (exact) mass is 338 g/mol. The molecule has 2 rings (SSSR count). The lowest BCUT2D eigenvalue weighted by molar-refractivity contribution is -0.142. The van der Waals surface area contributed by atoms with Gasteiger partial charge in [0.25, 0.3) is 0 Å². The molecule has 0 saturated heterocycles. The summed E-state index contributed by atoms with van der Waals surface area (Å²) in [5.41, 5.74) is 0. The van der Waals surface area contributed by atoms with Crippen LogP contribution in [0.1, 0.15) is 32.6 Å². The molecule has 0 bridgehead atoms. The van der Waals surface area contributed by atoms with Crippen molar-refractivity contribution in [3.8, 4) is 5.75 Å². The number of amides is 2. The van der Waals surface area contributed by atoms with Crippen LogP contribution < -0.4 is 15.4 Å². The van der Waals surface area contributed by atoms with E-state index in [1.54, 1.807) is 19.1 Å². The molecule has 24 heavy (non-hydrogen) atoms. The lowest BCUT2D eigenvalue weighted by Crippen LogP contribution is -2.46. The van der Waals surface area contributed by atoms with Gasteiger partial charge in [0.15, 0.2) is 0 Å². The first kappa shape index (κ1) is 18.0. The molecule has 2 amide bonds. The zero-order valence-corrected chi connectivity index (χ0v) is 13.6. The molecule has 1 aromatic rings. The SMILES string of the molecule is CC(CNC(=O)NC1CCC(C(=O)O)CC1)Oc1cccc(F)c1. The highest BCUT2D eigenvalue weighted by Crippen LogP contribution is 2.24. The molecule has 0 aliphatic heterocycles. The number of carbonyl (C=O) groups is 2. The van der Waals surface area contributed by atoms with Gasteiger partial charge in [-0.05, 0) is 44.7 Å². The Balaban J connectivity index is 1.67. The van der Waals surface area contributed by atoms with E-state index < -0.39 is 5.97 Å². The van der Waals surface area contributed by atoms with Crippen molar-refractivity contribution in [1.29, 1.82) is 0 Å². The zero-order valence-electron chi connectivity index (χ0n) is 13.6. The number of carbonyl (C=O) groups excluding carboxylic acids is 1. The summed E-state index contributed by atoms with van der Waals surface area (Å²) in [6.07, 6.45) is 2.19. The van der Waals surface area contributed by atoms with Crippen LogP contribution in [0.15, 0.2) is 24.3 Å². The maximum Gasteiger partial charge on any atom is 0.315 e. The third kappa shape index (κ3) is 5.72. The van der Waals surface area contributed by atoms with Crippen molar-refractivity contribution in [2.24, 2.45) is 5.92 Å². The van der Waals surface area contributed by atoms with Crippen LogP contribution in [0, 0.1) is 11.7 Å². The molecule has 0 heterocycles. The number of ether oxygens (including phenoxy) is 1. The van der Waals surface area contributed by atoms with Gasteiger partial charge in [0.1, 0.15) is 17.7 Å². The van der Waals surface area contributed by atoms with Crippen molar-refractivity contribution in [3.63, 3.8) is 0 Å². The number of nitrogens with one attached hydrogen (secondary N) is 2. The van der Waals surface area contributed by atoms with E-state index >= 15 is 0 Å². The topological polar surface area (TPSA) is 87.7 Å². The molecular weight excluding hydrogens is 315 g/mol. The fraction of sp³-hybridized carbons (Fsp3) is 0.529. The predicted octanol–water partition coefficient (Wildman–Crippen LogP) is 2.54. The maximum atomic E-state index is 13.1. The van der Waals surface area contributed by atoms with Gasteiger partial charge >= 0.3 is 12.0 Å². The highest BCUT2D eigenvalue weighted by Gasteiger charge is 2.26. The van der Waals surface area contributed by atoms with Crippen LogP contribution in [-0.2, 0) is 4.79 Å². The molecule has 0 radical (unpaired) electrons. The minimum atomic E-state index is -0.763. The fourth-order valence-electron chi connectivity index (χ4n) is 2.77. The number of urea groups is 1. The van der Waals surface area contributed by atoms with Gasteiger partial charge in [-0.3, -0.25) is 4.79 Å². The van der Waals surface area contributed by atoms with Crippen LogP contribution in [0.4, 0.5) is 9.18 Å². The van der Waals surface area contributed by atoms with Crippen LogP contribution in [0.25, 0.3) is 0 Å². The minimum Gasteiger partial charge on any atom is -0.489 e. The fourth-order valence-corrected chi connectivity index (χ4v) is 2.77. The van der Waals surface area contributed by atoms with Crippen molar-refractivity contribution < 1.29 is 23.8 Å². The summed E-state index contributed by atoms with van der Waals surface area (Å²) in [5, 5.41) is 14.5. The summed E-state index contributed by atoms with van der Waals surface area (Å²) in [7, 11) is 0. The lowest BCUT2D eigenvalue weighted by Gasteiger charge is -2.27. The molecule has 1 atom stereocenters. The highest BCUT2D eigenvalue weighted by molar-refractivity contribution is 5.74. The Morgan fingerprint density at radius 2 is 2.04 bits per heavy atom. The van der Waals surface area contributed by atoms with E-state index in [1.807, 2.05) is 0 Å². The standard InChI is InChI=1S/C17H23FN2O4/c1-11(24-15-4-2-3-13(18)9-15)10-19-17(23)20-14-7-5-12(6-8-14)16(21)22/h2-4,9,11-12,14H,5-8,10H2,1H3,(H,21,22)(H2,19,20,23). The second kappa shape index (κ2) is 8.52. The van der Waals surface area contributed by atoms with Crippen LogP contribution >= 0.6 is 0 Å². The van der Waals surface area contributed by atoms with Gasteiger partial charge in [-0.2, -0.15) is 0 Å². The molecule has 1 fully saturated rings. The van der Waals surface area contributed by atoms with Crippen molar-refractivity contribution in [3.05, 3.63) is 30.1 Å². The second-order valence-electron chi connectivity index (χ2n) is 6.13. The minimum absolute atomic E-state index is 0.0000405. The summed E-state index contributed by atoms with van der Waals surface area (Å²) >= 11 is 0. The average Bonchev–Trinajstić information content (AvgIpc) is 2.53. The van der Waals surface area contributed by atoms with Gasteiger partial charge in [0.05, 0.1) is 12.5 Å². The lowest BCUT2D eigenvalue weighted by atomic mass is 9.86. The number of halogens is 1. The first-order valence-corrected chi connectivity index (χ1v) is 8.13. The molecule has 3 N–H and O–H groups in total. The molecular formula is C17H23FN2O4. The molecule has 7 heteroatoms. The van der Waals surface area contributed by atoms with Gasteiger partial charge in [-0.25, -0.2) is 9.18 Å². The van der Waals surface area contributed by atoms with E-state index in [-0.39, 0.29) is 36.5 Å². The number of benzene rings is 1. The van der Waals surface area contributed by atoms with Crippen molar-refractivity contribution in [1.82, 2.24) is 10.6 Å². The molecule has 132 valence electrons. The molecule has 1 aromatic carbocycles. The average molecular weight is 338 g/mol. The Labute approximate surface area is 140 Å². The summed E-state index contributed by atoms with van der Waals surface area (Å²) in [6.45, 7) is 2.07. The largest absolute Gasteiger partial charge is 0.489 e. The Kier molecular flexibility index (Phi) is 6.40. The number of hydrogen-bond acceptors (Lipinski definition) is 3.